The van der Waals surface area contributed by atoms with E-state index < -0.39 is 0 Å². The Labute approximate surface area is 151 Å². The maximum absolute atomic E-state index is 4.08. The maximum Gasteiger partial charge on any atom is -0.0228 e. The summed E-state index contributed by atoms with van der Waals surface area (Å²) in [6, 6.07) is 7.17. The molecule has 0 heterocycles. The number of unbranched alkanes of at least 4 members (excludes halogenated alkanes) is 2. The van der Waals surface area contributed by atoms with E-state index in [-0.39, 0.29) is 0 Å². The molecule has 0 saturated carbocycles. The van der Waals surface area contributed by atoms with Crippen molar-refractivity contribution in [2.45, 2.75) is 91.9 Å². The third-order valence-electron chi connectivity index (χ3n) is 5.55. The van der Waals surface area contributed by atoms with Crippen LogP contribution in [0.2, 0.25) is 0 Å². The summed E-state index contributed by atoms with van der Waals surface area (Å²) in [5.74, 6) is 1.66. The van der Waals surface area contributed by atoms with E-state index in [0.29, 0.717) is 0 Å². The van der Waals surface area contributed by atoms with Gasteiger partial charge in [0.2, 0.25) is 0 Å². The zero-order chi connectivity index (χ0) is 17.8. The number of hydrogen-bond acceptors (Lipinski definition) is 0. The van der Waals surface area contributed by atoms with Gasteiger partial charge in [-0.25, -0.2) is 0 Å². The lowest BCUT2D eigenvalue weighted by molar-refractivity contribution is 0.446. The van der Waals surface area contributed by atoms with Gasteiger partial charge in [-0.3, -0.25) is 0 Å². The largest absolute Gasteiger partial charge is 0.0985 e. The van der Waals surface area contributed by atoms with Crippen LogP contribution in [-0.2, 0) is 12.8 Å². The zero-order valence-corrected chi connectivity index (χ0v) is 16.7. The molecule has 24 heavy (non-hydrogen) atoms. The normalized spacial score (nSPS) is 13.7. The van der Waals surface area contributed by atoms with E-state index in [4.69, 9.17) is 0 Å². The van der Waals surface area contributed by atoms with Crippen molar-refractivity contribution in [2.75, 3.05) is 0 Å². The van der Waals surface area contributed by atoms with Crippen LogP contribution in [0.1, 0.15) is 95.8 Å². The minimum atomic E-state index is 0.822. The molecule has 0 bridgehead atoms. The average Bonchev–Trinajstić information content (AvgIpc) is 2.62. The Morgan fingerprint density at radius 3 is 1.96 bits per heavy atom. The van der Waals surface area contributed by atoms with E-state index in [2.05, 4.69) is 58.5 Å². The van der Waals surface area contributed by atoms with Gasteiger partial charge in [0.15, 0.2) is 0 Å². The summed E-state index contributed by atoms with van der Waals surface area (Å²) in [5.41, 5.74) is 4.37. The predicted molar refractivity (Wildman–Crippen MR) is 111 cm³/mol. The lowest BCUT2D eigenvalue weighted by Gasteiger charge is -2.18. The summed E-state index contributed by atoms with van der Waals surface area (Å²) in [6.07, 6.45) is 15.1. The predicted octanol–water partition coefficient (Wildman–Crippen LogP) is 7.85. The molecule has 0 spiro atoms. The van der Waals surface area contributed by atoms with Gasteiger partial charge >= 0.3 is 0 Å². The minimum absolute atomic E-state index is 0.822. The molecule has 1 aromatic rings. The highest BCUT2D eigenvalue weighted by molar-refractivity contribution is 5.53. The molecule has 2 atom stereocenters. The first-order chi connectivity index (χ1) is 11.7. The van der Waals surface area contributed by atoms with Gasteiger partial charge in [0.25, 0.3) is 0 Å². The van der Waals surface area contributed by atoms with E-state index in [0.717, 1.165) is 11.8 Å². The summed E-state index contributed by atoms with van der Waals surface area (Å²) < 4.78 is 0. The SMILES string of the molecule is C=Cc1cc(CC(CC)CCCC)ccc1CC(CC)CCCC. The van der Waals surface area contributed by atoms with Crippen molar-refractivity contribution >= 4 is 6.08 Å². The zero-order valence-electron chi connectivity index (χ0n) is 16.7. The highest BCUT2D eigenvalue weighted by atomic mass is 14.2. The fraction of sp³-hybridized carbons (Fsp3) is 0.667. The van der Waals surface area contributed by atoms with Gasteiger partial charge in [-0.05, 0) is 41.4 Å². The van der Waals surface area contributed by atoms with E-state index in [1.54, 1.807) is 0 Å². The van der Waals surface area contributed by atoms with Crippen LogP contribution >= 0.6 is 0 Å². The monoisotopic (exact) mass is 328 g/mol. The molecule has 2 unspecified atom stereocenters. The highest BCUT2D eigenvalue weighted by Gasteiger charge is 2.12. The third kappa shape index (κ3) is 7.24. The summed E-state index contributed by atoms with van der Waals surface area (Å²) in [5, 5.41) is 0. The molecular formula is C24H40. The molecule has 0 N–H and O–H groups in total. The van der Waals surface area contributed by atoms with Gasteiger partial charge in [-0.2, -0.15) is 0 Å². The van der Waals surface area contributed by atoms with E-state index in [1.807, 2.05) is 0 Å². The summed E-state index contributed by atoms with van der Waals surface area (Å²) in [7, 11) is 0. The first kappa shape index (κ1) is 21.0. The van der Waals surface area contributed by atoms with Crippen LogP contribution in [0.25, 0.3) is 6.08 Å². The topological polar surface area (TPSA) is 0 Å². The van der Waals surface area contributed by atoms with Crippen LogP contribution in [-0.4, -0.2) is 0 Å². The van der Waals surface area contributed by atoms with Crippen molar-refractivity contribution in [1.29, 1.82) is 0 Å². The smallest absolute Gasteiger partial charge is 0.0228 e. The number of benzene rings is 1. The highest BCUT2D eigenvalue weighted by Crippen LogP contribution is 2.25. The van der Waals surface area contributed by atoms with Crippen LogP contribution in [0.4, 0.5) is 0 Å². The molecule has 136 valence electrons. The lowest BCUT2D eigenvalue weighted by Crippen LogP contribution is -2.07. The molecule has 0 amide bonds. The summed E-state index contributed by atoms with van der Waals surface area (Å²) in [4.78, 5) is 0. The van der Waals surface area contributed by atoms with Gasteiger partial charge in [0, 0.05) is 0 Å². The molecule has 0 aliphatic heterocycles. The Morgan fingerprint density at radius 2 is 1.46 bits per heavy atom. The second-order valence-corrected chi connectivity index (χ2v) is 7.48. The fourth-order valence-electron chi connectivity index (χ4n) is 3.68. The Bertz CT molecular complexity index is 457. The summed E-state index contributed by atoms with van der Waals surface area (Å²) >= 11 is 0. The molecule has 0 aromatic heterocycles. The molecule has 0 heteroatoms. The Balaban J connectivity index is 2.78. The van der Waals surface area contributed by atoms with Crippen molar-refractivity contribution in [3.63, 3.8) is 0 Å². The van der Waals surface area contributed by atoms with Gasteiger partial charge in [0.1, 0.15) is 0 Å². The molecule has 0 aliphatic rings. The second-order valence-electron chi connectivity index (χ2n) is 7.48. The quantitative estimate of drug-likeness (QED) is 0.346. The number of hydrogen-bond donors (Lipinski definition) is 0. The lowest BCUT2D eigenvalue weighted by atomic mass is 9.87. The molecule has 0 nitrogen and oxygen atoms in total. The molecule has 1 rings (SSSR count). The van der Waals surface area contributed by atoms with Gasteiger partial charge in [-0.15, -0.1) is 0 Å². The first-order valence-corrected chi connectivity index (χ1v) is 10.4. The Morgan fingerprint density at radius 1 is 0.875 bits per heavy atom. The maximum atomic E-state index is 4.08. The average molecular weight is 329 g/mol. The summed E-state index contributed by atoms with van der Waals surface area (Å²) in [6.45, 7) is 13.3. The van der Waals surface area contributed by atoms with Crippen LogP contribution in [0.3, 0.4) is 0 Å². The van der Waals surface area contributed by atoms with Gasteiger partial charge in [-0.1, -0.05) is 110 Å². The van der Waals surface area contributed by atoms with Crippen molar-refractivity contribution in [3.8, 4) is 0 Å². The minimum Gasteiger partial charge on any atom is -0.0985 e. The third-order valence-corrected chi connectivity index (χ3v) is 5.55. The first-order valence-electron chi connectivity index (χ1n) is 10.4. The Hall–Kier alpha value is -1.04. The Kier molecular flexibility index (Phi) is 10.8. The van der Waals surface area contributed by atoms with Crippen LogP contribution in [0.15, 0.2) is 24.8 Å². The van der Waals surface area contributed by atoms with Crippen molar-refractivity contribution in [1.82, 2.24) is 0 Å². The van der Waals surface area contributed by atoms with Crippen LogP contribution in [0, 0.1) is 11.8 Å². The second kappa shape index (κ2) is 12.3. The van der Waals surface area contributed by atoms with Crippen LogP contribution in [0.5, 0.6) is 0 Å². The van der Waals surface area contributed by atoms with Crippen molar-refractivity contribution < 1.29 is 0 Å². The van der Waals surface area contributed by atoms with Crippen LogP contribution < -0.4 is 0 Å². The van der Waals surface area contributed by atoms with Gasteiger partial charge < -0.3 is 0 Å². The molecule has 1 aromatic carbocycles. The van der Waals surface area contributed by atoms with E-state index in [9.17, 15) is 0 Å². The van der Waals surface area contributed by atoms with E-state index in [1.165, 1.54) is 80.9 Å². The van der Waals surface area contributed by atoms with E-state index >= 15 is 0 Å². The molecule has 0 saturated heterocycles. The molecule has 0 radical (unpaired) electrons. The molecule has 0 aliphatic carbocycles. The standard InChI is InChI=1S/C24H40/c1-6-11-13-20(8-3)17-22-15-16-24(23(10-5)19-22)18-21(9-4)14-12-7-2/h10,15-16,19-21H,5-9,11-14,17-18H2,1-4H3. The van der Waals surface area contributed by atoms with Crippen molar-refractivity contribution in [2.24, 2.45) is 11.8 Å². The number of rotatable bonds is 13. The fourth-order valence-corrected chi connectivity index (χ4v) is 3.68. The molecule has 0 fully saturated rings. The van der Waals surface area contributed by atoms with Crippen molar-refractivity contribution in [3.05, 3.63) is 41.5 Å². The van der Waals surface area contributed by atoms with Gasteiger partial charge in [0.05, 0.1) is 0 Å². The molecular weight excluding hydrogens is 288 g/mol.